The minimum atomic E-state index is -0.244. The molecule has 2 aromatic carbocycles. The van der Waals surface area contributed by atoms with Crippen LogP contribution in [-0.4, -0.2) is 19.1 Å². The summed E-state index contributed by atoms with van der Waals surface area (Å²) in [5.74, 6) is 0.815. The highest BCUT2D eigenvalue weighted by atomic mass is 16.5. The summed E-state index contributed by atoms with van der Waals surface area (Å²) in [6, 6.07) is 16.0. The van der Waals surface area contributed by atoms with Gasteiger partial charge in [0.25, 0.3) is 0 Å². The summed E-state index contributed by atoms with van der Waals surface area (Å²) < 4.78 is 5.17. The summed E-state index contributed by atoms with van der Waals surface area (Å²) in [4.78, 5) is 12.5. The lowest BCUT2D eigenvalue weighted by Gasteiger charge is -2.17. The van der Waals surface area contributed by atoms with Gasteiger partial charge in [-0.05, 0) is 43.5 Å². The number of hydrazine groups is 1. The molecule has 1 fully saturated rings. The van der Waals surface area contributed by atoms with Crippen molar-refractivity contribution in [2.75, 3.05) is 7.11 Å². The Hall–Kier alpha value is -2.37. The average molecular weight is 339 g/mol. The Morgan fingerprint density at radius 1 is 1.12 bits per heavy atom. The third-order valence-electron chi connectivity index (χ3n) is 4.67. The second-order valence-corrected chi connectivity index (χ2v) is 6.54. The number of carbonyl (C=O) groups excluding carboxylic acids is 1. The summed E-state index contributed by atoms with van der Waals surface area (Å²) in [6.07, 6.45) is 0.726. The lowest BCUT2D eigenvalue weighted by molar-refractivity contribution is -0.123. The third kappa shape index (κ3) is 4.18. The molecule has 1 aliphatic rings. The van der Waals surface area contributed by atoms with E-state index in [0.717, 1.165) is 17.7 Å². The molecule has 3 rings (SSSR count). The first kappa shape index (κ1) is 17.5. The van der Waals surface area contributed by atoms with Crippen LogP contribution in [0.4, 0.5) is 0 Å². The van der Waals surface area contributed by atoms with E-state index in [-0.39, 0.29) is 24.0 Å². The number of hydrogen-bond acceptors (Lipinski definition) is 4. The zero-order valence-corrected chi connectivity index (χ0v) is 14.9. The number of aryl methyl sites for hydroxylation is 1. The Morgan fingerprint density at radius 2 is 1.80 bits per heavy atom. The predicted molar refractivity (Wildman–Crippen MR) is 98.1 cm³/mol. The van der Waals surface area contributed by atoms with E-state index >= 15 is 0 Å². The minimum Gasteiger partial charge on any atom is -0.497 e. The van der Waals surface area contributed by atoms with Crippen molar-refractivity contribution in [3.63, 3.8) is 0 Å². The van der Waals surface area contributed by atoms with Gasteiger partial charge in [-0.2, -0.15) is 0 Å². The number of benzene rings is 2. The number of rotatable bonds is 5. The van der Waals surface area contributed by atoms with Gasteiger partial charge < -0.3 is 10.1 Å². The Kier molecular flexibility index (Phi) is 5.36. The number of hydrogen-bond donors (Lipinski definition) is 3. The van der Waals surface area contributed by atoms with Gasteiger partial charge in [-0.3, -0.25) is 4.79 Å². The van der Waals surface area contributed by atoms with E-state index in [1.165, 1.54) is 11.1 Å². The first-order valence-corrected chi connectivity index (χ1v) is 8.59. The highest BCUT2D eigenvalue weighted by Crippen LogP contribution is 2.23. The summed E-state index contributed by atoms with van der Waals surface area (Å²) in [5.41, 5.74) is 9.81. The van der Waals surface area contributed by atoms with E-state index in [9.17, 15) is 4.79 Å². The smallest absolute Gasteiger partial charge is 0.239 e. The molecule has 5 heteroatoms. The maximum absolute atomic E-state index is 12.5. The van der Waals surface area contributed by atoms with Crippen LogP contribution >= 0.6 is 0 Å². The molecule has 0 aromatic heterocycles. The van der Waals surface area contributed by atoms with E-state index < -0.39 is 0 Å². The summed E-state index contributed by atoms with van der Waals surface area (Å²) in [5, 5.41) is 3.07. The fourth-order valence-corrected chi connectivity index (χ4v) is 3.04. The average Bonchev–Trinajstić information content (AvgIpc) is 3.12. The highest BCUT2D eigenvalue weighted by molar-refractivity contribution is 5.82. The van der Waals surface area contributed by atoms with Crippen LogP contribution in [0, 0.1) is 6.92 Å². The molecule has 25 heavy (non-hydrogen) atoms. The molecule has 1 amide bonds. The number of amides is 1. The number of carbonyl (C=O) groups is 1. The van der Waals surface area contributed by atoms with Crippen LogP contribution < -0.4 is 20.9 Å². The van der Waals surface area contributed by atoms with Gasteiger partial charge in [0.05, 0.1) is 13.2 Å². The Bertz CT molecular complexity index is 713. The van der Waals surface area contributed by atoms with Crippen LogP contribution in [0.15, 0.2) is 48.5 Å². The molecule has 132 valence electrons. The normalized spacial score (nSPS) is 20.9. The molecule has 0 spiro atoms. The molecule has 2 aromatic rings. The fourth-order valence-electron chi connectivity index (χ4n) is 3.04. The summed E-state index contributed by atoms with van der Waals surface area (Å²) in [6.45, 7) is 4.06. The molecule has 0 bridgehead atoms. The molecule has 1 heterocycles. The summed E-state index contributed by atoms with van der Waals surface area (Å²) >= 11 is 0. The van der Waals surface area contributed by atoms with Gasteiger partial charge in [0, 0.05) is 6.04 Å². The van der Waals surface area contributed by atoms with Crippen molar-refractivity contribution in [2.24, 2.45) is 0 Å². The van der Waals surface area contributed by atoms with E-state index in [4.69, 9.17) is 4.74 Å². The SMILES string of the molecule is COc1ccc(C(C)NC(=O)C2CC(c3ccc(C)cc3)NN2)cc1. The molecule has 5 nitrogen and oxygen atoms in total. The number of ether oxygens (including phenoxy) is 1. The van der Waals surface area contributed by atoms with Gasteiger partial charge in [0.1, 0.15) is 11.8 Å². The lowest BCUT2D eigenvalue weighted by atomic mass is 10.0. The van der Waals surface area contributed by atoms with Crippen LogP contribution in [0.2, 0.25) is 0 Å². The molecule has 1 aliphatic heterocycles. The zero-order valence-electron chi connectivity index (χ0n) is 14.9. The lowest BCUT2D eigenvalue weighted by Crippen LogP contribution is -2.43. The van der Waals surface area contributed by atoms with Crippen molar-refractivity contribution in [3.8, 4) is 5.75 Å². The quantitative estimate of drug-likeness (QED) is 0.784. The predicted octanol–water partition coefficient (Wildman–Crippen LogP) is 2.79. The van der Waals surface area contributed by atoms with Gasteiger partial charge in [0.15, 0.2) is 0 Å². The maximum Gasteiger partial charge on any atom is 0.239 e. The van der Waals surface area contributed by atoms with Gasteiger partial charge >= 0.3 is 0 Å². The van der Waals surface area contributed by atoms with E-state index in [1.807, 2.05) is 31.2 Å². The second kappa shape index (κ2) is 7.68. The molecular formula is C20H25N3O2. The largest absolute Gasteiger partial charge is 0.497 e. The van der Waals surface area contributed by atoms with Crippen LogP contribution in [0.25, 0.3) is 0 Å². The van der Waals surface area contributed by atoms with Crippen LogP contribution in [0.5, 0.6) is 5.75 Å². The van der Waals surface area contributed by atoms with E-state index in [1.54, 1.807) is 7.11 Å². The first-order chi connectivity index (χ1) is 12.1. The van der Waals surface area contributed by atoms with E-state index in [2.05, 4.69) is 47.4 Å². The van der Waals surface area contributed by atoms with Crippen molar-refractivity contribution in [1.82, 2.24) is 16.2 Å². The van der Waals surface area contributed by atoms with Gasteiger partial charge in [0.2, 0.25) is 5.91 Å². The molecule has 0 saturated carbocycles. The topological polar surface area (TPSA) is 62.4 Å². The van der Waals surface area contributed by atoms with Gasteiger partial charge in [-0.25, -0.2) is 10.9 Å². The Balaban J connectivity index is 1.57. The first-order valence-electron chi connectivity index (χ1n) is 8.59. The maximum atomic E-state index is 12.5. The number of nitrogens with one attached hydrogen (secondary N) is 3. The molecule has 3 unspecified atom stereocenters. The highest BCUT2D eigenvalue weighted by Gasteiger charge is 2.30. The van der Waals surface area contributed by atoms with Crippen molar-refractivity contribution < 1.29 is 9.53 Å². The van der Waals surface area contributed by atoms with Crippen LogP contribution in [0.1, 0.15) is 42.1 Å². The Labute approximate surface area is 148 Å². The zero-order chi connectivity index (χ0) is 17.8. The van der Waals surface area contributed by atoms with Crippen molar-refractivity contribution in [1.29, 1.82) is 0 Å². The van der Waals surface area contributed by atoms with Crippen LogP contribution in [-0.2, 0) is 4.79 Å². The van der Waals surface area contributed by atoms with Crippen molar-refractivity contribution in [2.45, 2.75) is 38.4 Å². The fraction of sp³-hybridized carbons (Fsp3) is 0.350. The molecule has 3 N–H and O–H groups in total. The van der Waals surface area contributed by atoms with Gasteiger partial charge in [-0.15, -0.1) is 0 Å². The van der Waals surface area contributed by atoms with E-state index in [0.29, 0.717) is 0 Å². The van der Waals surface area contributed by atoms with Crippen molar-refractivity contribution >= 4 is 5.91 Å². The molecule has 0 radical (unpaired) electrons. The Morgan fingerprint density at radius 3 is 2.44 bits per heavy atom. The van der Waals surface area contributed by atoms with Crippen molar-refractivity contribution in [3.05, 3.63) is 65.2 Å². The van der Waals surface area contributed by atoms with Crippen LogP contribution in [0.3, 0.4) is 0 Å². The monoisotopic (exact) mass is 339 g/mol. The second-order valence-electron chi connectivity index (χ2n) is 6.54. The summed E-state index contributed by atoms with van der Waals surface area (Å²) in [7, 11) is 1.64. The molecular weight excluding hydrogens is 314 g/mol. The minimum absolute atomic E-state index is 0.00503. The molecule has 0 aliphatic carbocycles. The molecule has 1 saturated heterocycles. The molecule has 3 atom stereocenters. The number of methoxy groups -OCH3 is 1. The standard InChI is InChI=1S/C20H25N3O2/c1-13-4-6-16(7-5-13)18-12-19(23-22-18)20(24)21-14(2)15-8-10-17(25-3)11-9-15/h4-11,14,18-19,22-23H,12H2,1-3H3,(H,21,24). The van der Waals surface area contributed by atoms with Gasteiger partial charge in [-0.1, -0.05) is 42.0 Å². The third-order valence-corrected chi connectivity index (χ3v) is 4.67.